The lowest BCUT2D eigenvalue weighted by molar-refractivity contribution is -0.127. The number of nitrogens with two attached hydrogens (primary N) is 1. The van der Waals surface area contributed by atoms with Crippen LogP contribution in [0.25, 0.3) is 0 Å². The Balaban J connectivity index is 0.00000220. The van der Waals surface area contributed by atoms with Gasteiger partial charge in [-0.2, -0.15) is 0 Å². The minimum atomic E-state index is -0.725. The second-order valence-corrected chi connectivity index (χ2v) is 5.28. The third-order valence-corrected chi connectivity index (χ3v) is 3.65. The summed E-state index contributed by atoms with van der Waals surface area (Å²) in [5.41, 5.74) is 5.39. The fourth-order valence-electron chi connectivity index (χ4n) is 2.48. The summed E-state index contributed by atoms with van der Waals surface area (Å²) in [6.07, 6.45) is 4.63. The molecule has 3 N–H and O–H groups in total. The molecule has 0 atom stereocenters. The van der Waals surface area contributed by atoms with E-state index >= 15 is 0 Å². The van der Waals surface area contributed by atoms with Crippen LogP contribution in [0.4, 0.5) is 4.39 Å². The van der Waals surface area contributed by atoms with Gasteiger partial charge in [-0.15, -0.1) is 12.4 Å². The molecular weight excluding hydrogens is 295 g/mol. The van der Waals surface area contributed by atoms with E-state index in [1.54, 1.807) is 12.1 Å². The fraction of sp³-hybridized carbons (Fsp3) is 0.533. The Bertz CT molecular complexity index is 465. The number of hydrogen-bond acceptors (Lipinski definition) is 3. The van der Waals surface area contributed by atoms with Crippen LogP contribution in [0.2, 0.25) is 0 Å². The maximum absolute atomic E-state index is 12.9. The number of ether oxygens (including phenoxy) is 1. The summed E-state index contributed by atoms with van der Waals surface area (Å²) < 4.78 is 18.3. The first-order valence-electron chi connectivity index (χ1n) is 7.06. The Morgan fingerprint density at radius 2 is 2.05 bits per heavy atom. The van der Waals surface area contributed by atoms with Gasteiger partial charge in [-0.25, -0.2) is 4.39 Å². The molecule has 6 heteroatoms. The molecule has 21 heavy (non-hydrogen) atoms. The predicted molar refractivity (Wildman–Crippen MR) is 82.2 cm³/mol. The highest BCUT2D eigenvalue weighted by atomic mass is 35.5. The Morgan fingerprint density at radius 1 is 1.33 bits per heavy atom. The summed E-state index contributed by atoms with van der Waals surface area (Å²) in [7, 11) is 0. The maximum atomic E-state index is 12.9. The van der Waals surface area contributed by atoms with Crippen molar-refractivity contribution >= 4 is 18.3 Å². The number of amides is 1. The molecule has 0 aliphatic heterocycles. The van der Waals surface area contributed by atoms with Gasteiger partial charge >= 0.3 is 0 Å². The Labute approximate surface area is 130 Å². The van der Waals surface area contributed by atoms with Crippen LogP contribution in [-0.2, 0) is 4.79 Å². The van der Waals surface area contributed by atoms with Gasteiger partial charge in [0.05, 0.1) is 12.1 Å². The van der Waals surface area contributed by atoms with Crippen LogP contribution in [0.5, 0.6) is 5.75 Å². The zero-order valence-electron chi connectivity index (χ0n) is 11.9. The molecule has 0 heterocycles. The molecule has 1 fully saturated rings. The van der Waals surface area contributed by atoms with E-state index in [1.165, 1.54) is 12.1 Å². The van der Waals surface area contributed by atoms with Crippen molar-refractivity contribution in [3.8, 4) is 5.75 Å². The smallest absolute Gasteiger partial charge is 0.240 e. The van der Waals surface area contributed by atoms with Crippen molar-refractivity contribution in [1.82, 2.24) is 5.32 Å². The molecule has 0 unspecified atom stereocenters. The summed E-state index contributed by atoms with van der Waals surface area (Å²) in [4.78, 5) is 12.0. The first kappa shape index (κ1) is 17.7. The number of benzene rings is 1. The topological polar surface area (TPSA) is 64.4 Å². The van der Waals surface area contributed by atoms with Gasteiger partial charge < -0.3 is 15.8 Å². The Hall–Kier alpha value is -1.33. The van der Waals surface area contributed by atoms with Gasteiger partial charge in [-0.3, -0.25) is 4.79 Å². The van der Waals surface area contributed by atoms with Gasteiger partial charge in [0.15, 0.2) is 0 Å². The second kappa shape index (κ2) is 8.20. The lowest BCUT2D eigenvalue weighted by Gasteiger charge is -2.31. The minimum Gasteiger partial charge on any atom is -0.492 e. The fourth-order valence-corrected chi connectivity index (χ4v) is 2.48. The first-order valence-corrected chi connectivity index (χ1v) is 7.06. The summed E-state index contributed by atoms with van der Waals surface area (Å²) in [5, 5.41) is 2.80. The molecule has 4 nitrogen and oxygen atoms in total. The average molecular weight is 317 g/mol. The molecule has 1 saturated carbocycles. The molecule has 1 amide bonds. The number of rotatable bonds is 5. The van der Waals surface area contributed by atoms with Crippen LogP contribution in [-0.4, -0.2) is 24.6 Å². The molecule has 118 valence electrons. The second-order valence-electron chi connectivity index (χ2n) is 5.28. The highest BCUT2D eigenvalue weighted by molar-refractivity contribution is 5.86. The number of halogens is 2. The molecule has 0 radical (unpaired) electrons. The molecule has 1 aliphatic carbocycles. The normalized spacial score (nSPS) is 16.7. The lowest BCUT2D eigenvalue weighted by atomic mass is 9.82. The van der Waals surface area contributed by atoms with E-state index in [0.29, 0.717) is 18.9 Å². The zero-order valence-corrected chi connectivity index (χ0v) is 12.8. The maximum Gasteiger partial charge on any atom is 0.240 e. The number of nitrogens with one attached hydrogen (secondary N) is 1. The van der Waals surface area contributed by atoms with Gasteiger partial charge in [0.2, 0.25) is 5.91 Å². The van der Waals surface area contributed by atoms with E-state index in [0.717, 1.165) is 32.1 Å². The van der Waals surface area contributed by atoms with Crippen LogP contribution in [0.1, 0.15) is 32.1 Å². The molecule has 2 rings (SSSR count). The third kappa shape index (κ3) is 5.17. The van der Waals surface area contributed by atoms with Gasteiger partial charge in [0.25, 0.3) is 0 Å². The summed E-state index contributed by atoms with van der Waals surface area (Å²) in [6.45, 7) is 0.666. The molecule has 1 aliphatic rings. The lowest BCUT2D eigenvalue weighted by Crippen LogP contribution is -2.55. The van der Waals surface area contributed by atoms with Crippen LogP contribution in [0.15, 0.2) is 24.3 Å². The molecule has 1 aromatic rings. The Morgan fingerprint density at radius 3 is 2.71 bits per heavy atom. The summed E-state index contributed by atoms with van der Waals surface area (Å²) in [6, 6.07) is 5.93. The summed E-state index contributed by atoms with van der Waals surface area (Å²) >= 11 is 0. The van der Waals surface area contributed by atoms with Crippen molar-refractivity contribution in [2.24, 2.45) is 5.73 Å². The molecule has 0 aromatic heterocycles. The van der Waals surface area contributed by atoms with Gasteiger partial charge in [-0.1, -0.05) is 25.3 Å². The summed E-state index contributed by atoms with van der Waals surface area (Å²) in [5.74, 6) is 0.00840. The van der Waals surface area contributed by atoms with E-state index in [-0.39, 0.29) is 24.1 Å². The number of carbonyl (C=O) groups excluding carboxylic acids is 1. The van der Waals surface area contributed by atoms with Gasteiger partial charge in [0.1, 0.15) is 18.2 Å². The van der Waals surface area contributed by atoms with Crippen molar-refractivity contribution < 1.29 is 13.9 Å². The van der Waals surface area contributed by atoms with E-state index in [4.69, 9.17) is 10.5 Å². The van der Waals surface area contributed by atoms with Crippen LogP contribution in [0.3, 0.4) is 0 Å². The first-order chi connectivity index (χ1) is 9.60. The highest BCUT2D eigenvalue weighted by Gasteiger charge is 2.34. The molecule has 0 spiro atoms. The zero-order chi connectivity index (χ0) is 14.4. The van der Waals surface area contributed by atoms with Crippen LogP contribution < -0.4 is 15.8 Å². The standard InChI is InChI=1S/C15H21FN2O2.ClH/c16-12-5-4-6-13(11-12)20-10-9-18-14(19)15(17)7-2-1-3-8-15;/h4-6,11H,1-3,7-10,17H2,(H,18,19);1H. The monoisotopic (exact) mass is 316 g/mol. The van der Waals surface area contributed by atoms with E-state index < -0.39 is 5.54 Å². The predicted octanol–water partition coefficient (Wildman–Crippen LogP) is 2.40. The van der Waals surface area contributed by atoms with Crippen molar-refractivity contribution in [3.05, 3.63) is 30.1 Å². The van der Waals surface area contributed by atoms with Crippen molar-refractivity contribution in [2.45, 2.75) is 37.6 Å². The Kier molecular flexibility index (Phi) is 6.92. The van der Waals surface area contributed by atoms with Crippen LogP contribution >= 0.6 is 12.4 Å². The largest absolute Gasteiger partial charge is 0.492 e. The third-order valence-electron chi connectivity index (χ3n) is 3.65. The van der Waals surface area contributed by atoms with Crippen molar-refractivity contribution in [2.75, 3.05) is 13.2 Å². The van der Waals surface area contributed by atoms with Crippen molar-refractivity contribution in [1.29, 1.82) is 0 Å². The molecule has 0 bridgehead atoms. The molecule has 1 aromatic carbocycles. The SMILES string of the molecule is Cl.NC1(C(=O)NCCOc2cccc(F)c2)CCCCC1. The quantitative estimate of drug-likeness (QED) is 0.820. The minimum absolute atomic E-state index is 0. The van der Waals surface area contributed by atoms with Gasteiger partial charge in [0, 0.05) is 6.07 Å². The molecule has 0 saturated heterocycles. The molecular formula is C15H22ClFN2O2. The number of hydrogen-bond donors (Lipinski definition) is 2. The van der Waals surface area contributed by atoms with Crippen molar-refractivity contribution in [3.63, 3.8) is 0 Å². The van der Waals surface area contributed by atoms with E-state index in [1.807, 2.05) is 0 Å². The van der Waals surface area contributed by atoms with Gasteiger partial charge in [-0.05, 0) is 25.0 Å². The number of carbonyl (C=O) groups is 1. The van der Waals surface area contributed by atoms with Crippen LogP contribution in [0, 0.1) is 5.82 Å². The van der Waals surface area contributed by atoms with E-state index in [2.05, 4.69) is 5.32 Å². The van der Waals surface area contributed by atoms with E-state index in [9.17, 15) is 9.18 Å². The average Bonchev–Trinajstić information content (AvgIpc) is 2.44. The highest BCUT2D eigenvalue weighted by Crippen LogP contribution is 2.25.